The van der Waals surface area contributed by atoms with Crippen LogP contribution in [0.5, 0.6) is 5.75 Å². The van der Waals surface area contributed by atoms with Gasteiger partial charge in [0.05, 0.1) is 22.1 Å². The molecule has 7 nitrogen and oxygen atoms in total. The van der Waals surface area contributed by atoms with Gasteiger partial charge in [-0.15, -0.1) is 0 Å². The second kappa shape index (κ2) is 12.8. The van der Waals surface area contributed by atoms with Crippen LogP contribution in [0, 0.1) is 12.8 Å². The zero-order valence-corrected chi connectivity index (χ0v) is 23.4. The molecule has 3 heterocycles. The molecule has 0 spiro atoms. The van der Waals surface area contributed by atoms with Crippen molar-refractivity contribution in [3.63, 3.8) is 0 Å². The van der Waals surface area contributed by atoms with E-state index >= 15 is 0 Å². The van der Waals surface area contributed by atoms with Gasteiger partial charge in [0, 0.05) is 19.5 Å². The Hall–Kier alpha value is -3.52. The van der Waals surface area contributed by atoms with E-state index in [1.807, 2.05) is 52.1 Å². The molecular formula is C30H36N4O3S. The lowest BCUT2D eigenvalue weighted by Crippen LogP contribution is -2.34. The van der Waals surface area contributed by atoms with Gasteiger partial charge in [-0.05, 0) is 64.2 Å². The smallest absolute Gasteiger partial charge is 0.293 e. The first-order valence-electron chi connectivity index (χ1n) is 13.0. The van der Waals surface area contributed by atoms with Gasteiger partial charge in [0.25, 0.3) is 6.47 Å². The molecule has 0 amide bonds. The van der Waals surface area contributed by atoms with Crippen LogP contribution in [0.2, 0.25) is 0 Å². The molecule has 8 heteroatoms. The number of fused-ring (bicyclic) bond motifs is 1. The first-order valence-corrected chi connectivity index (χ1v) is 13.8. The Bertz CT molecular complexity index is 1280. The maximum atomic E-state index is 9.60. The van der Waals surface area contributed by atoms with Gasteiger partial charge in [0.1, 0.15) is 18.0 Å². The van der Waals surface area contributed by atoms with Crippen LogP contribution in [0.15, 0.2) is 60.8 Å². The number of piperidine rings is 1. The van der Waals surface area contributed by atoms with Gasteiger partial charge in [-0.2, -0.15) is 0 Å². The molecule has 1 aliphatic rings. The standard InChI is InChI=1S/C25H26N4OS.C5H10O2/c1-18-22(30-17-20-7-3-2-4-8-20)16-26-24(27-18)15-19-11-13-29(14-12-19)25-28-21-9-5-6-10-23(21)31-25;1-5(2,3)7-4-6/h2-10,16,19H,11-15,17H2,1H3;4H,1-3H3. The third-order valence-corrected chi connectivity index (χ3v) is 7.36. The van der Waals surface area contributed by atoms with Gasteiger partial charge in [-0.1, -0.05) is 53.8 Å². The van der Waals surface area contributed by atoms with E-state index in [9.17, 15) is 4.79 Å². The maximum absolute atomic E-state index is 9.60. The number of hydrogen-bond donors (Lipinski definition) is 0. The Morgan fingerprint density at radius 1 is 1.03 bits per heavy atom. The zero-order chi connectivity index (χ0) is 27.0. The number of hydrogen-bond acceptors (Lipinski definition) is 8. The molecule has 0 unspecified atom stereocenters. The number of anilines is 1. The van der Waals surface area contributed by atoms with Crippen LogP contribution in [0.4, 0.5) is 5.13 Å². The predicted octanol–water partition coefficient (Wildman–Crippen LogP) is 6.39. The molecule has 0 N–H and O–H groups in total. The van der Waals surface area contributed by atoms with Crippen LogP contribution in [0.25, 0.3) is 10.2 Å². The summed E-state index contributed by atoms with van der Waals surface area (Å²) in [5.74, 6) is 2.29. The highest BCUT2D eigenvalue weighted by molar-refractivity contribution is 7.22. The molecule has 0 aliphatic carbocycles. The second-order valence-electron chi connectivity index (χ2n) is 10.4. The van der Waals surface area contributed by atoms with Crippen molar-refractivity contribution < 1.29 is 14.3 Å². The molecule has 1 saturated heterocycles. The summed E-state index contributed by atoms with van der Waals surface area (Å²) in [4.78, 5) is 26.2. The molecule has 0 atom stereocenters. The highest BCUT2D eigenvalue weighted by atomic mass is 32.1. The number of carbonyl (C=O) groups excluding carboxylic acids is 1. The lowest BCUT2D eigenvalue weighted by molar-refractivity contribution is -0.138. The minimum atomic E-state index is -0.318. The van der Waals surface area contributed by atoms with Crippen molar-refractivity contribution in [1.29, 1.82) is 0 Å². The van der Waals surface area contributed by atoms with Crippen LogP contribution < -0.4 is 9.64 Å². The Morgan fingerprint density at radius 3 is 2.37 bits per heavy atom. The molecule has 5 rings (SSSR count). The maximum Gasteiger partial charge on any atom is 0.293 e. The molecule has 1 fully saturated rings. The van der Waals surface area contributed by atoms with E-state index in [1.54, 1.807) is 11.3 Å². The summed E-state index contributed by atoms with van der Waals surface area (Å²) in [7, 11) is 0. The molecule has 0 saturated carbocycles. The van der Waals surface area contributed by atoms with E-state index < -0.39 is 0 Å². The molecule has 2 aromatic heterocycles. The average Bonchev–Trinajstić information content (AvgIpc) is 3.33. The lowest BCUT2D eigenvalue weighted by Gasteiger charge is -2.31. The van der Waals surface area contributed by atoms with Gasteiger partial charge in [0.2, 0.25) is 0 Å². The lowest BCUT2D eigenvalue weighted by atomic mass is 9.93. The van der Waals surface area contributed by atoms with Gasteiger partial charge in [0.15, 0.2) is 10.9 Å². The molecule has 200 valence electrons. The quantitative estimate of drug-likeness (QED) is 0.255. The highest BCUT2D eigenvalue weighted by Gasteiger charge is 2.23. The van der Waals surface area contributed by atoms with Crippen molar-refractivity contribution >= 4 is 33.2 Å². The summed E-state index contributed by atoms with van der Waals surface area (Å²) in [6.45, 7) is 10.5. The minimum Gasteiger partial charge on any atom is -0.485 e. The first kappa shape index (κ1) is 27.5. The third-order valence-electron chi connectivity index (χ3n) is 6.26. The SMILES string of the molecule is CC(C)(C)OC=O.Cc1nc(CC2CCN(c3nc4ccccc4s3)CC2)ncc1OCc1ccccc1. The first-order chi connectivity index (χ1) is 18.3. The van der Waals surface area contributed by atoms with Crippen LogP contribution in [0.1, 0.15) is 50.7 Å². The fourth-order valence-electron chi connectivity index (χ4n) is 4.21. The Morgan fingerprint density at radius 2 is 1.74 bits per heavy atom. The molecule has 4 aromatic rings. The monoisotopic (exact) mass is 532 g/mol. The van der Waals surface area contributed by atoms with Gasteiger partial charge in [-0.3, -0.25) is 4.79 Å². The van der Waals surface area contributed by atoms with Crippen LogP contribution in [-0.4, -0.2) is 40.1 Å². The summed E-state index contributed by atoms with van der Waals surface area (Å²) in [6.07, 6.45) is 5.04. The fourth-order valence-corrected chi connectivity index (χ4v) is 5.22. The van der Waals surface area contributed by atoms with Crippen molar-refractivity contribution in [3.8, 4) is 5.75 Å². The molecule has 1 aliphatic heterocycles. The number of rotatable bonds is 7. The number of para-hydroxylation sites is 1. The largest absolute Gasteiger partial charge is 0.485 e. The Balaban J connectivity index is 0.000000426. The van der Waals surface area contributed by atoms with Gasteiger partial charge in [-0.25, -0.2) is 15.0 Å². The Kier molecular flexibility index (Phi) is 9.29. The number of thiazole rings is 1. The Labute approximate surface area is 228 Å². The summed E-state index contributed by atoms with van der Waals surface area (Å²) >= 11 is 1.79. The molecule has 38 heavy (non-hydrogen) atoms. The van der Waals surface area contributed by atoms with Crippen LogP contribution >= 0.6 is 11.3 Å². The summed E-state index contributed by atoms with van der Waals surface area (Å²) in [6, 6.07) is 18.5. The van der Waals surface area contributed by atoms with Crippen molar-refractivity contribution in [3.05, 3.63) is 77.9 Å². The minimum absolute atomic E-state index is 0.318. The van der Waals surface area contributed by atoms with Gasteiger partial charge < -0.3 is 14.4 Å². The van der Waals surface area contributed by atoms with Crippen molar-refractivity contribution in [2.24, 2.45) is 5.92 Å². The van der Waals surface area contributed by atoms with E-state index in [4.69, 9.17) is 14.7 Å². The summed E-state index contributed by atoms with van der Waals surface area (Å²) in [5.41, 5.74) is 2.84. The van der Waals surface area contributed by atoms with Gasteiger partial charge >= 0.3 is 0 Å². The number of benzene rings is 2. The number of aromatic nitrogens is 3. The highest BCUT2D eigenvalue weighted by Crippen LogP contribution is 2.32. The van der Waals surface area contributed by atoms with Crippen LogP contribution in [-0.2, 0) is 22.6 Å². The van der Waals surface area contributed by atoms with E-state index in [0.29, 0.717) is 19.0 Å². The molecular weight excluding hydrogens is 496 g/mol. The van der Waals surface area contributed by atoms with Crippen molar-refractivity contribution in [2.75, 3.05) is 18.0 Å². The summed E-state index contributed by atoms with van der Waals surface area (Å²) < 4.78 is 11.7. The molecule has 2 aromatic carbocycles. The predicted molar refractivity (Wildman–Crippen MR) is 153 cm³/mol. The van der Waals surface area contributed by atoms with Crippen molar-refractivity contribution in [2.45, 2.75) is 59.2 Å². The van der Waals surface area contributed by atoms with Crippen molar-refractivity contribution in [1.82, 2.24) is 15.0 Å². The van der Waals surface area contributed by atoms with E-state index in [0.717, 1.165) is 65.8 Å². The molecule has 0 bridgehead atoms. The van der Waals surface area contributed by atoms with E-state index in [2.05, 4.69) is 51.0 Å². The normalized spacial score (nSPS) is 14.1. The summed E-state index contributed by atoms with van der Waals surface area (Å²) in [5, 5.41) is 1.15. The average molecular weight is 533 g/mol. The number of aryl methyl sites for hydroxylation is 1. The molecule has 0 radical (unpaired) electrons. The van der Waals surface area contributed by atoms with Crippen LogP contribution in [0.3, 0.4) is 0 Å². The fraction of sp³-hybridized carbons (Fsp3) is 0.400. The second-order valence-corrected chi connectivity index (χ2v) is 11.4. The van der Waals surface area contributed by atoms with E-state index in [-0.39, 0.29) is 5.60 Å². The zero-order valence-electron chi connectivity index (χ0n) is 22.6. The topological polar surface area (TPSA) is 77.4 Å². The van der Waals surface area contributed by atoms with E-state index in [1.165, 1.54) is 4.70 Å². The number of carbonyl (C=O) groups is 1. The number of nitrogens with zero attached hydrogens (tertiary/aromatic N) is 4. The number of ether oxygens (including phenoxy) is 2. The third kappa shape index (κ3) is 7.99.